The molecule has 2 amide bonds. The van der Waals surface area contributed by atoms with Crippen LogP contribution < -0.4 is 10.6 Å². The highest BCUT2D eigenvalue weighted by molar-refractivity contribution is 7.98. The van der Waals surface area contributed by atoms with Crippen molar-refractivity contribution in [2.45, 2.75) is 37.5 Å². The molecule has 0 bridgehead atoms. The number of anilines is 1. The van der Waals surface area contributed by atoms with Crippen LogP contribution >= 0.6 is 11.8 Å². The minimum Gasteiger partial charge on any atom is -0.352 e. The summed E-state index contributed by atoms with van der Waals surface area (Å²) >= 11 is 1.58. The molecule has 0 heterocycles. The number of amides is 2. The van der Waals surface area contributed by atoms with Gasteiger partial charge in [0.2, 0.25) is 5.91 Å². The molecule has 2 aromatic rings. The van der Waals surface area contributed by atoms with E-state index in [1.807, 2.05) is 54.8 Å². The van der Waals surface area contributed by atoms with Gasteiger partial charge in [0.1, 0.15) is 0 Å². The molecule has 0 aliphatic carbocycles. The predicted octanol–water partition coefficient (Wildman–Crippen LogP) is 4.46. The van der Waals surface area contributed by atoms with Gasteiger partial charge in [0, 0.05) is 23.4 Å². The fourth-order valence-corrected chi connectivity index (χ4v) is 3.03. The summed E-state index contributed by atoms with van der Waals surface area (Å²) < 4.78 is 0. The Bertz CT molecular complexity index is 764. The molecule has 0 aromatic heterocycles. The third-order valence-corrected chi connectivity index (χ3v) is 4.83. The molecule has 0 atom stereocenters. The maximum absolute atomic E-state index is 12.2. The first-order chi connectivity index (χ1) is 12.3. The van der Waals surface area contributed by atoms with Crippen LogP contribution in [0.15, 0.2) is 53.4 Å². The van der Waals surface area contributed by atoms with Crippen molar-refractivity contribution >= 4 is 29.3 Å². The van der Waals surface area contributed by atoms with E-state index in [0.29, 0.717) is 12.1 Å². The maximum Gasteiger partial charge on any atom is 0.251 e. The van der Waals surface area contributed by atoms with Crippen molar-refractivity contribution < 1.29 is 9.59 Å². The van der Waals surface area contributed by atoms with Crippen molar-refractivity contribution in [2.24, 2.45) is 0 Å². The SMILES string of the molecule is CSc1ccccc1NC(=O)CCNC(=O)c1ccc(C(C)(C)C)cc1. The normalized spacial score (nSPS) is 11.1. The number of carbonyl (C=O) groups excluding carboxylic acids is 2. The lowest BCUT2D eigenvalue weighted by atomic mass is 9.87. The van der Waals surface area contributed by atoms with Crippen molar-refractivity contribution in [1.82, 2.24) is 5.32 Å². The molecular formula is C21H26N2O2S. The quantitative estimate of drug-likeness (QED) is 0.738. The van der Waals surface area contributed by atoms with Crippen LogP contribution in [0.4, 0.5) is 5.69 Å². The van der Waals surface area contributed by atoms with E-state index in [0.717, 1.165) is 10.6 Å². The largest absolute Gasteiger partial charge is 0.352 e. The van der Waals surface area contributed by atoms with Crippen molar-refractivity contribution in [2.75, 3.05) is 18.1 Å². The molecule has 0 spiro atoms. The summed E-state index contributed by atoms with van der Waals surface area (Å²) in [5.74, 6) is -0.280. The lowest BCUT2D eigenvalue weighted by molar-refractivity contribution is -0.116. The summed E-state index contributed by atoms with van der Waals surface area (Å²) in [7, 11) is 0. The van der Waals surface area contributed by atoms with Gasteiger partial charge in [-0.15, -0.1) is 11.8 Å². The fraction of sp³-hybridized carbons (Fsp3) is 0.333. The van der Waals surface area contributed by atoms with Crippen LogP contribution in [0.1, 0.15) is 43.1 Å². The molecule has 0 saturated heterocycles. The van der Waals surface area contributed by atoms with E-state index in [4.69, 9.17) is 0 Å². The summed E-state index contributed by atoms with van der Waals surface area (Å²) in [5, 5.41) is 5.69. The zero-order chi connectivity index (χ0) is 19.2. The molecule has 2 N–H and O–H groups in total. The molecule has 2 aromatic carbocycles. The van der Waals surface area contributed by atoms with Gasteiger partial charge >= 0.3 is 0 Å². The molecule has 2 rings (SSSR count). The Kier molecular flexibility index (Phi) is 6.86. The summed E-state index contributed by atoms with van der Waals surface area (Å²) in [6.45, 7) is 6.70. The molecule has 5 heteroatoms. The Labute approximate surface area is 159 Å². The van der Waals surface area contributed by atoms with E-state index < -0.39 is 0 Å². The van der Waals surface area contributed by atoms with E-state index in [-0.39, 0.29) is 23.7 Å². The van der Waals surface area contributed by atoms with Crippen LogP contribution in [0, 0.1) is 0 Å². The second-order valence-corrected chi connectivity index (χ2v) is 7.93. The summed E-state index contributed by atoms with van der Waals surface area (Å²) in [4.78, 5) is 25.3. The average molecular weight is 371 g/mol. The van der Waals surface area contributed by atoms with E-state index in [1.54, 1.807) is 11.8 Å². The number of carbonyl (C=O) groups is 2. The van der Waals surface area contributed by atoms with Gasteiger partial charge in [-0.2, -0.15) is 0 Å². The summed E-state index contributed by atoms with van der Waals surface area (Å²) in [6.07, 6.45) is 2.20. The highest BCUT2D eigenvalue weighted by Crippen LogP contribution is 2.24. The zero-order valence-electron chi connectivity index (χ0n) is 15.8. The molecule has 0 radical (unpaired) electrons. The molecule has 26 heavy (non-hydrogen) atoms. The number of benzene rings is 2. The third kappa shape index (κ3) is 5.63. The van der Waals surface area contributed by atoms with Crippen LogP contribution in [0.3, 0.4) is 0 Å². The molecule has 0 aliphatic heterocycles. The van der Waals surface area contributed by atoms with E-state index in [2.05, 4.69) is 31.4 Å². The van der Waals surface area contributed by atoms with Gasteiger partial charge in [0.25, 0.3) is 5.91 Å². The number of hydrogen-bond acceptors (Lipinski definition) is 3. The number of nitrogens with one attached hydrogen (secondary N) is 2. The van der Waals surface area contributed by atoms with Gasteiger partial charge in [0.15, 0.2) is 0 Å². The van der Waals surface area contributed by atoms with Gasteiger partial charge in [-0.1, -0.05) is 45.0 Å². The van der Waals surface area contributed by atoms with Crippen molar-refractivity contribution in [3.05, 3.63) is 59.7 Å². The zero-order valence-corrected chi connectivity index (χ0v) is 16.6. The number of thioether (sulfide) groups is 1. The molecular weight excluding hydrogens is 344 g/mol. The molecule has 0 saturated carbocycles. The fourth-order valence-electron chi connectivity index (χ4n) is 2.47. The van der Waals surface area contributed by atoms with Gasteiger partial charge in [-0.25, -0.2) is 0 Å². The predicted molar refractivity (Wildman–Crippen MR) is 109 cm³/mol. The Hall–Kier alpha value is -2.27. The smallest absolute Gasteiger partial charge is 0.251 e. The molecule has 4 nitrogen and oxygen atoms in total. The van der Waals surface area contributed by atoms with E-state index >= 15 is 0 Å². The first kappa shape index (κ1) is 20.0. The third-order valence-electron chi connectivity index (χ3n) is 4.03. The Morgan fingerprint density at radius 2 is 1.65 bits per heavy atom. The molecule has 138 valence electrons. The number of hydrogen-bond donors (Lipinski definition) is 2. The Morgan fingerprint density at radius 1 is 1.00 bits per heavy atom. The second kappa shape index (κ2) is 8.90. The highest BCUT2D eigenvalue weighted by atomic mass is 32.2. The number of rotatable bonds is 6. The van der Waals surface area contributed by atoms with Crippen LogP contribution in [0.5, 0.6) is 0 Å². The first-order valence-corrected chi connectivity index (χ1v) is 9.85. The summed E-state index contributed by atoms with van der Waals surface area (Å²) in [6, 6.07) is 15.3. The lowest BCUT2D eigenvalue weighted by Gasteiger charge is -2.19. The summed E-state index contributed by atoms with van der Waals surface area (Å²) in [5.41, 5.74) is 2.64. The maximum atomic E-state index is 12.2. The van der Waals surface area contributed by atoms with Crippen molar-refractivity contribution in [3.8, 4) is 0 Å². The number of para-hydroxylation sites is 1. The highest BCUT2D eigenvalue weighted by Gasteiger charge is 2.14. The minimum absolute atomic E-state index is 0.0557. The van der Waals surface area contributed by atoms with Crippen LogP contribution in [-0.2, 0) is 10.2 Å². The van der Waals surface area contributed by atoms with Crippen molar-refractivity contribution in [1.29, 1.82) is 0 Å². The minimum atomic E-state index is -0.164. The topological polar surface area (TPSA) is 58.2 Å². The van der Waals surface area contributed by atoms with Crippen LogP contribution in [0.25, 0.3) is 0 Å². The van der Waals surface area contributed by atoms with Gasteiger partial charge < -0.3 is 10.6 Å². The molecule has 0 unspecified atom stereocenters. The molecule has 0 fully saturated rings. The Morgan fingerprint density at radius 3 is 2.27 bits per heavy atom. The van der Waals surface area contributed by atoms with Crippen molar-refractivity contribution in [3.63, 3.8) is 0 Å². The van der Waals surface area contributed by atoms with Gasteiger partial charge in [-0.05, 0) is 41.5 Å². The van der Waals surface area contributed by atoms with Gasteiger partial charge in [-0.3, -0.25) is 9.59 Å². The van der Waals surface area contributed by atoms with E-state index in [9.17, 15) is 9.59 Å². The monoisotopic (exact) mass is 370 g/mol. The van der Waals surface area contributed by atoms with Gasteiger partial charge in [0.05, 0.1) is 5.69 Å². The lowest BCUT2D eigenvalue weighted by Crippen LogP contribution is -2.27. The average Bonchev–Trinajstić information content (AvgIpc) is 2.61. The standard InChI is InChI=1S/C21H26N2O2S/c1-21(2,3)16-11-9-15(10-12-16)20(25)22-14-13-19(24)23-17-7-5-6-8-18(17)26-4/h5-12H,13-14H2,1-4H3,(H,22,25)(H,23,24). The second-order valence-electron chi connectivity index (χ2n) is 7.08. The molecule has 0 aliphatic rings. The first-order valence-electron chi connectivity index (χ1n) is 8.63. The van der Waals surface area contributed by atoms with E-state index in [1.165, 1.54) is 5.56 Å². The van der Waals surface area contributed by atoms with Crippen LogP contribution in [0.2, 0.25) is 0 Å². The van der Waals surface area contributed by atoms with Crippen LogP contribution in [-0.4, -0.2) is 24.6 Å². The Balaban J connectivity index is 1.83.